The lowest BCUT2D eigenvalue weighted by Gasteiger charge is -2.37. The summed E-state index contributed by atoms with van der Waals surface area (Å²) in [6, 6.07) is 10.6. The van der Waals surface area contributed by atoms with Gasteiger partial charge in [0, 0.05) is 39.1 Å². The molecule has 1 aromatic carbocycles. The van der Waals surface area contributed by atoms with Crippen LogP contribution in [-0.2, 0) is 16.0 Å². The molecule has 0 radical (unpaired) electrons. The first-order chi connectivity index (χ1) is 10.2. The molecule has 114 valence electrons. The molecule has 3 rings (SSSR count). The largest absolute Gasteiger partial charge is 0.368 e. The van der Waals surface area contributed by atoms with Gasteiger partial charge in [0.1, 0.15) is 6.61 Å². The number of carbonyl (C=O) groups is 1. The van der Waals surface area contributed by atoms with Crippen LogP contribution in [0.2, 0.25) is 0 Å². The van der Waals surface area contributed by atoms with Crippen molar-refractivity contribution < 1.29 is 9.53 Å². The van der Waals surface area contributed by atoms with Crippen molar-refractivity contribution in [3.05, 3.63) is 35.9 Å². The Bertz CT molecular complexity index is 477. The highest BCUT2D eigenvalue weighted by atomic mass is 16.5. The molecule has 1 aromatic rings. The molecule has 0 bridgehead atoms. The molecule has 2 aliphatic rings. The van der Waals surface area contributed by atoms with Gasteiger partial charge in [0.2, 0.25) is 5.91 Å². The Morgan fingerprint density at radius 3 is 2.86 bits per heavy atom. The first-order valence-electron chi connectivity index (χ1n) is 7.84. The number of hydrogen-bond acceptors (Lipinski definition) is 3. The first-order valence-corrected chi connectivity index (χ1v) is 7.84. The molecule has 1 amide bonds. The molecular weight excluding hydrogens is 264 g/mol. The third kappa shape index (κ3) is 3.63. The third-order valence-electron chi connectivity index (χ3n) is 4.66. The molecule has 0 unspecified atom stereocenters. The number of fused-ring (bicyclic) bond motifs is 1. The van der Waals surface area contributed by atoms with Gasteiger partial charge in [-0.1, -0.05) is 30.3 Å². The maximum atomic E-state index is 11.7. The van der Waals surface area contributed by atoms with Crippen LogP contribution in [0.25, 0.3) is 0 Å². The summed E-state index contributed by atoms with van der Waals surface area (Å²) in [5, 5.41) is 0. The average Bonchev–Trinajstić information content (AvgIpc) is 2.65. The van der Waals surface area contributed by atoms with Crippen LogP contribution in [0.4, 0.5) is 0 Å². The van der Waals surface area contributed by atoms with Crippen LogP contribution in [0.5, 0.6) is 0 Å². The number of likely N-dealkylation sites (tertiary alicyclic amines) is 1. The zero-order valence-corrected chi connectivity index (χ0v) is 12.7. The van der Waals surface area contributed by atoms with E-state index >= 15 is 0 Å². The zero-order valence-electron chi connectivity index (χ0n) is 12.7. The Hall–Kier alpha value is -1.39. The van der Waals surface area contributed by atoms with Crippen molar-refractivity contribution in [2.45, 2.75) is 18.9 Å². The summed E-state index contributed by atoms with van der Waals surface area (Å²) < 4.78 is 5.78. The number of amides is 1. The van der Waals surface area contributed by atoms with E-state index in [4.69, 9.17) is 4.74 Å². The van der Waals surface area contributed by atoms with Crippen LogP contribution in [0.15, 0.2) is 30.3 Å². The Morgan fingerprint density at radius 2 is 2.05 bits per heavy atom. The lowest BCUT2D eigenvalue weighted by molar-refractivity contribution is -0.133. The molecule has 4 heteroatoms. The van der Waals surface area contributed by atoms with Crippen molar-refractivity contribution >= 4 is 5.91 Å². The molecule has 21 heavy (non-hydrogen) atoms. The van der Waals surface area contributed by atoms with Crippen LogP contribution in [0.3, 0.4) is 0 Å². The molecule has 0 spiro atoms. The van der Waals surface area contributed by atoms with Crippen molar-refractivity contribution in [1.82, 2.24) is 9.80 Å². The van der Waals surface area contributed by atoms with Crippen LogP contribution < -0.4 is 0 Å². The average molecular weight is 288 g/mol. The second-order valence-electron chi connectivity index (χ2n) is 6.21. The molecule has 0 aliphatic carbocycles. The van der Waals surface area contributed by atoms with Gasteiger partial charge in [0.15, 0.2) is 0 Å². The van der Waals surface area contributed by atoms with Crippen molar-refractivity contribution in [2.75, 3.05) is 39.8 Å². The number of ether oxygens (including phenoxy) is 1. The van der Waals surface area contributed by atoms with Crippen molar-refractivity contribution in [3.63, 3.8) is 0 Å². The standard InChI is InChI=1S/C17H24N2O2/c1-18-11-15-12-19(9-7-14-5-3-2-4-6-14)10-8-16(15)21-13-17(18)20/h2-6,15-16H,7-13H2,1H3/t15-,16-/m0/s1. The Labute approximate surface area is 126 Å². The molecule has 0 aromatic heterocycles. The summed E-state index contributed by atoms with van der Waals surface area (Å²) in [5.41, 5.74) is 1.39. The number of carbonyl (C=O) groups excluding carboxylic acids is 1. The fourth-order valence-corrected chi connectivity index (χ4v) is 3.36. The predicted molar refractivity (Wildman–Crippen MR) is 82.1 cm³/mol. The smallest absolute Gasteiger partial charge is 0.248 e. The second kappa shape index (κ2) is 6.58. The van der Waals surface area contributed by atoms with Gasteiger partial charge < -0.3 is 14.5 Å². The van der Waals surface area contributed by atoms with E-state index in [0.717, 1.165) is 39.0 Å². The molecular formula is C17H24N2O2. The lowest BCUT2D eigenvalue weighted by atomic mass is 9.94. The Morgan fingerprint density at radius 1 is 1.24 bits per heavy atom. The van der Waals surface area contributed by atoms with E-state index in [1.54, 1.807) is 0 Å². The fraction of sp³-hybridized carbons (Fsp3) is 0.588. The normalized spacial score (nSPS) is 27.3. The summed E-state index contributed by atoms with van der Waals surface area (Å²) >= 11 is 0. The van der Waals surface area contributed by atoms with E-state index in [9.17, 15) is 4.79 Å². The second-order valence-corrected chi connectivity index (χ2v) is 6.21. The maximum Gasteiger partial charge on any atom is 0.248 e. The highest BCUT2D eigenvalue weighted by Gasteiger charge is 2.34. The fourth-order valence-electron chi connectivity index (χ4n) is 3.36. The number of rotatable bonds is 3. The molecule has 2 fully saturated rings. The van der Waals surface area contributed by atoms with Crippen molar-refractivity contribution in [2.24, 2.45) is 5.92 Å². The van der Waals surface area contributed by atoms with E-state index in [2.05, 4.69) is 35.2 Å². The minimum atomic E-state index is 0.111. The molecule has 2 saturated heterocycles. The van der Waals surface area contributed by atoms with Crippen LogP contribution in [-0.4, -0.2) is 61.6 Å². The van der Waals surface area contributed by atoms with Gasteiger partial charge in [-0.3, -0.25) is 4.79 Å². The van der Waals surface area contributed by atoms with E-state index in [0.29, 0.717) is 5.92 Å². The molecule has 4 nitrogen and oxygen atoms in total. The monoisotopic (exact) mass is 288 g/mol. The topological polar surface area (TPSA) is 32.8 Å². The molecule has 2 heterocycles. The molecule has 0 saturated carbocycles. The van der Waals surface area contributed by atoms with Crippen LogP contribution in [0.1, 0.15) is 12.0 Å². The minimum absolute atomic E-state index is 0.111. The predicted octanol–water partition coefficient (Wildman–Crippen LogP) is 1.41. The molecule has 0 N–H and O–H groups in total. The van der Waals surface area contributed by atoms with Gasteiger partial charge in [0.05, 0.1) is 6.10 Å². The Kier molecular flexibility index (Phi) is 4.56. The van der Waals surface area contributed by atoms with Crippen molar-refractivity contribution in [3.8, 4) is 0 Å². The van der Waals surface area contributed by atoms with Gasteiger partial charge in [-0.15, -0.1) is 0 Å². The Balaban J connectivity index is 1.54. The van der Waals surface area contributed by atoms with E-state index < -0.39 is 0 Å². The summed E-state index contributed by atoms with van der Waals surface area (Å²) in [5.74, 6) is 0.561. The summed E-state index contributed by atoms with van der Waals surface area (Å²) in [4.78, 5) is 16.1. The van der Waals surface area contributed by atoms with Gasteiger partial charge in [-0.05, 0) is 18.4 Å². The van der Waals surface area contributed by atoms with Crippen molar-refractivity contribution in [1.29, 1.82) is 0 Å². The summed E-state index contributed by atoms with van der Waals surface area (Å²) in [6.07, 6.45) is 2.39. The van der Waals surface area contributed by atoms with Gasteiger partial charge in [-0.2, -0.15) is 0 Å². The quantitative estimate of drug-likeness (QED) is 0.843. The SMILES string of the molecule is CN1C[C@H]2CN(CCc3ccccc3)CC[C@@H]2OCC1=O. The number of likely N-dealkylation sites (N-methyl/N-ethyl adjacent to an activating group) is 1. The van der Waals surface area contributed by atoms with E-state index in [1.807, 2.05) is 11.9 Å². The number of benzene rings is 1. The highest BCUT2D eigenvalue weighted by Crippen LogP contribution is 2.23. The first kappa shape index (κ1) is 14.5. The van der Waals surface area contributed by atoms with E-state index in [-0.39, 0.29) is 18.6 Å². The van der Waals surface area contributed by atoms with Crippen LogP contribution in [0, 0.1) is 5.92 Å². The summed E-state index contributed by atoms with van der Waals surface area (Å²) in [7, 11) is 1.89. The summed E-state index contributed by atoms with van der Waals surface area (Å²) in [6.45, 7) is 4.28. The number of nitrogens with zero attached hydrogens (tertiary/aromatic N) is 2. The zero-order chi connectivity index (χ0) is 14.7. The molecule has 2 aliphatic heterocycles. The minimum Gasteiger partial charge on any atom is -0.368 e. The third-order valence-corrected chi connectivity index (χ3v) is 4.66. The molecule has 2 atom stereocenters. The van der Waals surface area contributed by atoms with Crippen LogP contribution >= 0.6 is 0 Å². The van der Waals surface area contributed by atoms with Gasteiger partial charge in [0.25, 0.3) is 0 Å². The number of hydrogen-bond donors (Lipinski definition) is 0. The maximum absolute atomic E-state index is 11.7. The number of piperidine rings is 1. The lowest BCUT2D eigenvalue weighted by Crippen LogP contribution is -2.47. The van der Waals surface area contributed by atoms with Gasteiger partial charge >= 0.3 is 0 Å². The van der Waals surface area contributed by atoms with E-state index in [1.165, 1.54) is 5.56 Å². The highest BCUT2D eigenvalue weighted by molar-refractivity contribution is 5.77. The van der Waals surface area contributed by atoms with Gasteiger partial charge in [-0.25, -0.2) is 0 Å².